The molecule has 0 aliphatic heterocycles. The largest absolute Gasteiger partial charge is 0.491 e. The smallest absolute Gasteiger partial charge is 0.123 e. The molecule has 1 rings (SSSR count). The predicted octanol–water partition coefficient (Wildman–Crippen LogP) is 1.89. The first-order valence-corrected chi connectivity index (χ1v) is 4.96. The minimum absolute atomic E-state index is 0.191. The van der Waals surface area contributed by atoms with Gasteiger partial charge in [0.1, 0.15) is 16.4 Å². The summed E-state index contributed by atoms with van der Waals surface area (Å²) in [5.41, 5.74) is 6.06. The van der Waals surface area contributed by atoms with E-state index >= 15 is 0 Å². The van der Waals surface area contributed by atoms with E-state index in [2.05, 4.69) is 11.9 Å². The molecule has 0 saturated carbocycles. The molecule has 0 aliphatic rings. The van der Waals surface area contributed by atoms with Crippen molar-refractivity contribution in [3.05, 3.63) is 24.0 Å². The van der Waals surface area contributed by atoms with Crippen LogP contribution >= 0.6 is 12.2 Å². The zero-order valence-electron chi connectivity index (χ0n) is 8.36. The maximum absolute atomic E-state index is 5.60. The van der Waals surface area contributed by atoms with Gasteiger partial charge in [-0.25, -0.2) is 0 Å². The van der Waals surface area contributed by atoms with Gasteiger partial charge in [0.05, 0.1) is 6.10 Å². The summed E-state index contributed by atoms with van der Waals surface area (Å²) < 4.78 is 5.60. The predicted molar refractivity (Wildman–Crippen MR) is 60.5 cm³/mol. The summed E-state index contributed by atoms with van der Waals surface area (Å²) >= 11 is 4.82. The van der Waals surface area contributed by atoms with Crippen LogP contribution in [0.2, 0.25) is 0 Å². The summed E-state index contributed by atoms with van der Waals surface area (Å²) in [4.78, 5) is 4.32. The Labute approximate surface area is 89.3 Å². The standard InChI is InChI=1S/C10H14N2OS/c1-3-7(2)13-8-4-5-12-9(6-8)10(11)14/h4-7H,3H2,1-2H3,(H2,11,14). The molecule has 1 atom stereocenters. The molecule has 1 heterocycles. The molecule has 0 aliphatic carbocycles. The van der Waals surface area contributed by atoms with Crippen molar-refractivity contribution in [1.29, 1.82) is 0 Å². The van der Waals surface area contributed by atoms with Crippen LogP contribution in [0.1, 0.15) is 26.0 Å². The highest BCUT2D eigenvalue weighted by atomic mass is 32.1. The molecule has 1 aromatic heterocycles. The summed E-state index contributed by atoms with van der Waals surface area (Å²) in [6.07, 6.45) is 2.80. The highest BCUT2D eigenvalue weighted by Gasteiger charge is 2.03. The van der Waals surface area contributed by atoms with Gasteiger partial charge in [-0.1, -0.05) is 19.1 Å². The van der Waals surface area contributed by atoms with Crippen LogP contribution in [0, 0.1) is 0 Å². The molecule has 0 fully saturated rings. The third kappa shape index (κ3) is 2.96. The van der Waals surface area contributed by atoms with Crippen LogP contribution in [0.5, 0.6) is 5.75 Å². The molecule has 3 nitrogen and oxygen atoms in total. The maximum atomic E-state index is 5.60. The minimum atomic E-state index is 0.191. The van der Waals surface area contributed by atoms with Crippen LogP contribution in [0.25, 0.3) is 0 Å². The Morgan fingerprint density at radius 2 is 2.43 bits per heavy atom. The quantitative estimate of drug-likeness (QED) is 0.771. The number of pyridine rings is 1. The van der Waals surface area contributed by atoms with Gasteiger partial charge in [-0.2, -0.15) is 0 Å². The highest BCUT2D eigenvalue weighted by Crippen LogP contribution is 2.13. The van der Waals surface area contributed by atoms with E-state index in [0.717, 1.165) is 12.2 Å². The maximum Gasteiger partial charge on any atom is 0.123 e. The molecule has 0 aromatic carbocycles. The third-order valence-corrected chi connectivity index (χ3v) is 2.11. The van der Waals surface area contributed by atoms with E-state index in [1.165, 1.54) is 0 Å². The van der Waals surface area contributed by atoms with Crippen molar-refractivity contribution >= 4 is 17.2 Å². The number of nitrogens with zero attached hydrogens (tertiary/aromatic N) is 1. The Morgan fingerprint density at radius 3 is 3.00 bits per heavy atom. The van der Waals surface area contributed by atoms with E-state index in [0.29, 0.717) is 10.7 Å². The summed E-state index contributed by atoms with van der Waals surface area (Å²) in [6, 6.07) is 3.56. The third-order valence-electron chi connectivity index (χ3n) is 1.90. The van der Waals surface area contributed by atoms with E-state index in [1.807, 2.05) is 6.92 Å². The SMILES string of the molecule is CCC(C)Oc1ccnc(C(N)=S)c1. The van der Waals surface area contributed by atoms with E-state index in [4.69, 9.17) is 22.7 Å². The molecule has 4 heteroatoms. The van der Waals surface area contributed by atoms with E-state index in [-0.39, 0.29) is 6.10 Å². The first kappa shape index (κ1) is 10.9. The molecule has 0 spiro atoms. The van der Waals surface area contributed by atoms with Gasteiger partial charge in [-0.3, -0.25) is 4.98 Å². The fourth-order valence-corrected chi connectivity index (χ4v) is 1.05. The van der Waals surface area contributed by atoms with Gasteiger partial charge in [0.2, 0.25) is 0 Å². The average molecular weight is 210 g/mol. The Morgan fingerprint density at radius 1 is 1.71 bits per heavy atom. The van der Waals surface area contributed by atoms with Crippen molar-refractivity contribution in [2.75, 3.05) is 0 Å². The van der Waals surface area contributed by atoms with Crippen LogP contribution in [-0.4, -0.2) is 16.1 Å². The van der Waals surface area contributed by atoms with Gasteiger partial charge < -0.3 is 10.5 Å². The zero-order chi connectivity index (χ0) is 10.6. The van der Waals surface area contributed by atoms with E-state index < -0.39 is 0 Å². The lowest BCUT2D eigenvalue weighted by molar-refractivity contribution is 0.217. The average Bonchev–Trinajstić information content (AvgIpc) is 2.18. The second-order valence-electron chi connectivity index (χ2n) is 3.08. The molecule has 76 valence electrons. The summed E-state index contributed by atoms with van der Waals surface area (Å²) in [7, 11) is 0. The lowest BCUT2D eigenvalue weighted by Crippen LogP contribution is -2.13. The van der Waals surface area contributed by atoms with Crippen LogP contribution in [-0.2, 0) is 0 Å². The fraction of sp³-hybridized carbons (Fsp3) is 0.400. The van der Waals surface area contributed by atoms with Gasteiger partial charge >= 0.3 is 0 Å². The molecular formula is C10H14N2OS. The Bertz CT molecular complexity index is 328. The summed E-state index contributed by atoms with van der Waals surface area (Å²) in [5.74, 6) is 0.761. The topological polar surface area (TPSA) is 48.1 Å². The molecular weight excluding hydrogens is 196 g/mol. The molecule has 0 saturated heterocycles. The van der Waals surface area contributed by atoms with Crippen molar-refractivity contribution in [2.45, 2.75) is 26.4 Å². The van der Waals surface area contributed by atoms with Crippen LogP contribution in [0.4, 0.5) is 0 Å². The Balaban J connectivity index is 2.78. The first-order chi connectivity index (χ1) is 6.63. The Kier molecular flexibility index (Phi) is 3.83. The van der Waals surface area contributed by atoms with Crippen molar-refractivity contribution in [3.8, 4) is 5.75 Å². The van der Waals surface area contributed by atoms with Gasteiger partial charge in [0, 0.05) is 12.3 Å². The highest BCUT2D eigenvalue weighted by molar-refractivity contribution is 7.80. The number of rotatable bonds is 4. The van der Waals surface area contributed by atoms with Crippen molar-refractivity contribution < 1.29 is 4.74 Å². The van der Waals surface area contributed by atoms with Gasteiger partial charge in [0.15, 0.2) is 0 Å². The fourth-order valence-electron chi connectivity index (χ4n) is 0.935. The second-order valence-corrected chi connectivity index (χ2v) is 3.52. The Hall–Kier alpha value is -1.16. The summed E-state index contributed by atoms with van der Waals surface area (Å²) in [5, 5.41) is 0. The second kappa shape index (κ2) is 4.91. The molecule has 2 N–H and O–H groups in total. The molecule has 0 bridgehead atoms. The number of aromatic nitrogens is 1. The monoisotopic (exact) mass is 210 g/mol. The molecule has 14 heavy (non-hydrogen) atoms. The zero-order valence-corrected chi connectivity index (χ0v) is 9.17. The van der Waals surface area contributed by atoms with E-state index in [1.54, 1.807) is 18.3 Å². The number of thiocarbonyl (C=S) groups is 1. The van der Waals surface area contributed by atoms with Crippen molar-refractivity contribution in [2.24, 2.45) is 5.73 Å². The minimum Gasteiger partial charge on any atom is -0.491 e. The van der Waals surface area contributed by atoms with Crippen LogP contribution < -0.4 is 10.5 Å². The molecule has 1 unspecified atom stereocenters. The van der Waals surface area contributed by atoms with Gasteiger partial charge in [-0.15, -0.1) is 0 Å². The van der Waals surface area contributed by atoms with Crippen LogP contribution in [0.15, 0.2) is 18.3 Å². The van der Waals surface area contributed by atoms with E-state index in [9.17, 15) is 0 Å². The molecule has 0 amide bonds. The van der Waals surface area contributed by atoms with Crippen molar-refractivity contribution in [3.63, 3.8) is 0 Å². The van der Waals surface area contributed by atoms with Crippen molar-refractivity contribution in [1.82, 2.24) is 4.98 Å². The number of hydrogen-bond donors (Lipinski definition) is 1. The molecule has 0 radical (unpaired) electrons. The lowest BCUT2D eigenvalue weighted by atomic mass is 10.3. The van der Waals surface area contributed by atoms with Crippen LogP contribution in [0.3, 0.4) is 0 Å². The number of hydrogen-bond acceptors (Lipinski definition) is 3. The van der Waals surface area contributed by atoms with Gasteiger partial charge in [-0.05, 0) is 19.4 Å². The normalized spacial score (nSPS) is 12.1. The summed E-state index contributed by atoms with van der Waals surface area (Å²) in [6.45, 7) is 4.08. The molecule has 1 aromatic rings. The number of nitrogens with two attached hydrogens (primary N) is 1. The lowest BCUT2D eigenvalue weighted by Gasteiger charge is -2.12. The number of ether oxygens (including phenoxy) is 1. The first-order valence-electron chi connectivity index (χ1n) is 4.56. The van der Waals surface area contributed by atoms with Gasteiger partial charge in [0.25, 0.3) is 0 Å².